The first-order valence-corrected chi connectivity index (χ1v) is 3.97. The first-order valence-electron chi connectivity index (χ1n) is 3.97. The molecule has 0 aliphatic rings. The summed E-state index contributed by atoms with van der Waals surface area (Å²) < 4.78 is 1.74. The molecule has 12 heavy (non-hydrogen) atoms. The lowest BCUT2D eigenvalue weighted by atomic mass is 10.2. The molecule has 0 amide bonds. The summed E-state index contributed by atoms with van der Waals surface area (Å²) in [5.41, 5.74) is 1.82. The van der Waals surface area contributed by atoms with Gasteiger partial charge >= 0.3 is 0 Å². The maximum Gasteiger partial charge on any atom is 0.139 e. The van der Waals surface area contributed by atoms with Crippen molar-refractivity contribution in [1.29, 1.82) is 0 Å². The van der Waals surface area contributed by atoms with Crippen LogP contribution >= 0.6 is 0 Å². The molecule has 1 aromatic rings. The van der Waals surface area contributed by atoms with Crippen LogP contribution in [0.4, 0.5) is 0 Å². The standard InChI is InChI=1S/C9H13N3/c1-4-9-8(6-10-5-2)7-12(3)11-9/h1,7,10H,5-6H2,2-3H3. The molecule has 0 aromatic carbocycles. The van der Waals surface area contributed by atoms with Gasteiger partial charge in [0.25, 0.3) is 0 Å². The van der Waals surface area contributed by atoms with Gasteiger partial charge in [0.05, 0.1) is 0 Å². The highest BCUT2D eigenvalue weighted by Gasteiger charge is 2.02. The lowest BCUT2D eigenvalue weighted by Crippen LogP contribution is -2.11. The maximum atomic E-state index is 5.28. The molecule has 1 rings (SSSR count). The Labute approximate surface area is 72.8 Å². The molecule has 1 N–H and O–H groups in total. The minimum absolute atomic E-state index is 0.735. The Balaban J connectivity index is 2.77. The number of aryl methyl sites for hydroxylation is 1. The number of aromatic nitrogens is 2. The number of nitrogens with one attached hydrogen (secondary N) is 1. The number of nitrogens with zero attached hydrogens (tertiary/aromatic N) is 2. The molecule has 0 atom stereocenters. The number of hydrogen-bond donors (Lipinski definition) is 1. The smallest absolute Gasteiger partial charge is 0.139 e. The van der Waals surface area contributed by atoms with Crippen molar-refractivity contribution in [2.75, 3.05) is 6.54 Å². The first-order chi connectivity index (χ1) is 5.77. The average molecular weight is 163 g/mol. The van der Waals surface area contributed by atoms with Gasteiger partial charge in [-0.2, -0.15) is 5.10 Å². The summed E-state index contributed by atoms with van der Waals surface area (Å²) in [6, 6.07) is 0. The number of rotatable bonds is 3. The summed E-state index contributed by atoms with van der Waals surface area (Å²) >= 11 is 0. The lowest BCUT2D eigenvalue weighted by molar-refractivity contribution is 0.723. The molecule has 0 fully saturated rings. The van der Waals surface area contributed by atoms with Crippen molar-refractivity contribution >= 4 is 0 Å². The third kappa shape index (κ3) is 1.86. The third-order valence-corrected chi connectivity index (χ3v) is 1.61. The molecule has 0 radical (unpaired) electrons. The van der Waals surface area contributed by atoms with Gasteiger partial charge in [0.15, 0.2) is 0 Å². The van der Waals surface area contributed by atoms with Gasteiger partial charge < -0.3 is 5.32 Å². The van der Waals surface area contributed by atoms with Crippen LogP contribution in [0.3, 0.4) is 0 Å². The van der Waals surface area contributed by atoms with Crippen LogP contribution in [0, 0.1) is 12.3 Å². The van der Waals surface area contributed by atoms with E-state index in [1.165, 1.54) is 0 Å². The largest absolute Gasteiger partial charge is 0.313 e. The summed E-state index contributed by atoms with van der Waals surface area (Å²) in [4.78, 5) is 0. The zero-order chi connectivity index (χ0) is 8.97. The van der Waals surface area contributed by atoms with Gasteiger partial charge in [-0.1, -0.05) is 6.92 Å². The summed E-state index contributed by atoms with van der Waals surface area (Å²) in [6.07, 6.45) is 7.22. The quantitative estimate of drug-likeness (QED) is 0.658. The highest BCUT2D eigenvalue weighted by molar-refractivity contribution is 5.31. The van der Waals surface area contributed by atoms with Crippen molar-refractivity contribution in [3.05, 3.63) is 17.5 Å². The Kier molecular flexibility index (Phi) is 2.89. The molecule has 0 saturated heterocycles. The van der Waals surface area contributed by atoms with Crippen LogP contribution in [0.25, 0.3) is 0 Å². The van der Waals surface area contributed by atoms with Crippen LogP contribution < -0.4 is 5.32 Å². The van der Waals surface area contributed by atoms with Gasteiger partial charge in [-0.15, -0.1) is 6.42 Å². The molecular weight excluding hydrogens is 150 g/mol. The summed E-state index contributed by atoms with van der Waals surface area (Å²) in [5, 5.41) is 7.33. The van der Waals surface area contributed by atoms with E-state index in [0.29, 0.717) is 0 Å². The molecule has 1 aromatic heterocycles. The van der Waals surface area contributed by atoms with Crippen molar-refractivity contribution in [3.63, 3.8) is 0 Å². The van der Waals surface area contributed by atoms with E-state index < -0.39 is 0 Å². The fourth-order valence-corrected chi connectivity index (χ4v) is 1.05. The van der Waals surface area contributed by atoms with E-state index in [1.807, 2.05) is 13.2 Å². The Bertz CT molecular complexity index is 293. The van der Waals surface area contributed by atoms with Crippen molar-refractivity contribution in [3.8, 4) is 12.3 Å². The average Bonchev–Trinajstić information content (AvgIpc) is 2.42. The van der Waals surface area contributed by atoms with Gasteiger partial charge in [0, 0.05) is 25.4 Å². The van der Waals surface area contributed by atoms with Crippen LogP contribution in [0.5, 0.6) is 0 Å². The summed E-state index contributed by atoms with van der Waals surface area (Å²) in [7, 11) is 1.87. The second-order valence-electron chi connectivity index (χ2n) is 2.60. The number of hydrogen-bond acceptors (Lipinski definition) is 2. The molecule has 1 heterocycles. The summed E-state index contributed by atoms with van der Waals surface area (Å²) in [6.45, 7) is 3.80. The van der Waals surface area contributed by atoms with E-state index in [4.69, 9.17) is 6.42 Å². The van der Waals surface area contributed by atoms with E-state index in [2.05, 4.69) is 23.3 Å². The second-order valence-corrected chi connectivity index (χ2v) is 2.60. The SMILES string of the molecule is C#Cc1nn(C)cc1CNCC. The first kappa shape index (κ1) is 8.82. The normalized spacial score (nSPS) is 9.75. The van der Waals surface area contributed by atoms with E-state index in [9.17, 15) is 0 Å². The van der Waals surface area contributed by atoms with Crippen LogP contribution in [0.1, 0.15) is 18.2 Å². The van der Waals surface area contributed by atoms with Crippen LogP contribution in [-0.4, -0.2) is 16.3 Å². The molecule has 0 aliphatic heterocycles. The van der Waals surface area contributed by atoms with Gasteiger partial charge in [-0.25, -0.2) is 0 Å². The molecule has 3 heteroatoms. The van der Waals surface area contributed by atoms with E-state index >= 15 is 0 Å². The topological polar surface area (TPSA) is 29.9 Å². The lowest BCUT2D eigenvalue weighted by Gasteiger charge is -1.96. The molecule has 3 nitrogen and oxygen atoms in total. The zero-order valence-electron chi connectivity index (χ0n) is 7.46. The maximum absolute atomic E-state index is 5.28. The van der Waals surface area contributed by atoms with Crippen molar-refractivity contribution in [2.45, 2.75) is 13.5 Å². The fraction of sp³-hybridized carbons (Fsp3) is 0.444. The Morgan fingerprint density at radius 2 is 2.50 bits per heavy atom. The van der Waals surface area contributed by atoms with E-state index in [-0.39, 0.29) is 0 Å². The predicted octanol–water partition coefficient (Wildman–Crippen LogP) is 0.511. The van der Waals surface area contributed by atoms with Crippen LogP contribution in [0.15, 0.2) is 6.20 Å². The summed E-state index contributed by atoms with van der Waals surface area (Å²) in [5.74, 6) is 2.55. The highest BCUT2D eigenvalue weighted by Crippen LogP contribution is 2.03. The minimum Gasteiger partial charge on any atom is -0.313 e. The fourth-order valence-electron chi connectivity index (χ4n) is 1.05. The second kappa shape index (κ2) is 3.93. The Morgan fingerprint density at radius 1 is 1.75 bits per heavy atom. The molecule has 64 valence electrons. The highest BCUT2D eigenvalue weighted by atomic mass is 15.2. The Morgan fingerprint density at radius 3 is 3.08 bits per heavy atom. The third-order valence-electron chi connectivity index (χ3n) is 1.61. The molecule has 0 unspecified atom stereocenters. The van der Waals surface area contributed by atoms with Crippen LogP contribution in [-0.2, 0) is 13.6 Å². The van der Waals surface area contributed by atoms with Gasteiger partial charge in [0.2, 0.25) is 0 Å². The van der Waals surface area contributed by atoms with E-state index in [0.717, 1.165) is 24.3 Å². The van der Waals surface area contributed by atoms with Crippen LogP contribution in [0.2, 0.25) is 0 Å². The molecule has 0 spiro atoms. The van der Waals surface area contributed by atoms with Crippen molar-refractivity contribution in [2.24, 2.45) is 7.05 Å². The minimum atomic E-state index is 0.735. The van der Waals surface area contributed by atoms with Gasteiger partial charge in [-0.05, 0) is 12.5 Å². The van der Waals surface area contributed by atoms with Crippen molar-refractivity contribution in [1.82, 2.24) is 15.1 Å². The molecule has 0 bridgehead atoms. The number of terminal acetylenes is 1. The van der Waals surface area contributed by atoms with Gasteiger partial charge in [0.1, 0.15) is 5.69 Å². The molecule has 0 saturated carbocycles. The monoisotopic (exact) mass is 163 g/mol. The van der Waals surface area contributed by atoms with Gasteiger partial charge in [-0.3, -0.25) is 4.68 Å². The zero-order valence-corrected chi connectivity index (χ0v) is 7.46. The van der Waals surface area contributed by atoms with Crippen molar-refractivity contribution < 1.29 is 0 Å². The predicted molar refractivity (Wildman–Crippen MR) is 48.5 cm³/mol. The Hall–Kier alpha value is -1.27. The molecular formula is C9H13N3. The van der Waals surface area contributed by atoms with E-state index in [1.54, 1.807) is 4.68 Å². The molecule has 0 aliphatic carbocycles.